The van der Waals surface area contributed by atoms with Crippen LogP contribution in [0.25, 0.3) is 0 Å². The molecule has 0 spiro atoms. The van der Waals surface area contributed by atoms with Crippen LogP contribution < -0.4 is 5.73 Å². The zero-order chi connectivity index (χ0) is 20.4. The predicted molar refractivity (Wildman–Crippen MR) is 103 cm³/mol. The maximum atomic E-state index is 12.8. The molecule has 1 aromatic carbocycles. The van der Waals surface area contributed by atoms with Gasteiger partial charge in [-0.25, -0.2) is 0 Å². The predicted octanol–water partition coefficient (Wildman–Crippen LogP) is 2.92. The highest BCUT2D eigenvalue weighted by Crippen LogP contribution is 2.30. The Labute approximate surface area is 169 Å². The molecule has 2 rings (SSSR count). The van der Waals surface area contributed by atoms with Gasteiger partial charge in [0.05, 0.1) is 11.5 Å². The molecule has 0 aromatic heterocycles. The fourth-order valence-corrected chi connectivity index (χ4v) is 3.25. The molecule has 2 amide bonds. The molecule has 2 N–H and O–H groups in total. The third-order valence-corrected chi connectivity index (χ3v) is 4.79. The van der Waals surface area contributed by atoms with Crippen LogP contribution in [0.15, 0.2) is 24.3 Å². The van der Waals surface area contributed by atoms with E-state index in [4.69, 9.17) is 5.73 Å². The molecule has 1 fully saturated rings. The van der Waals surface area contributed by atoms with Crippen molar-refractivity contribution in [3.05, 3.63) is 35.4 Å². The first-order valence-corrected chi connectivity index (χ1v) is 8.82. The van der Waals surface area contributed by atoms with E-state index in [1.54, 1.807) is 18.0 Å². The number of amides is 2. The Bertz CT molecular complexity index is 710. The first-order valence-electron chi connectivity index (χ1n) is 8.82. The van der Waals surface area contributed by atoms with Gasteiger partial charge in [-0.1, -0.05) is 26.0 Å². The van der Waals surface area contributed by atoms with Crippen molar-refractivity contribution >= 4 is 24.2 Å². The minimum absolute atomic E-state index is 0. The van der Waals surface area contributed by atoms with Crippen molar-refractivity contribution in [3.63, 3.8) is 0 Å². The Morgan fingerprint density at radius 3 is 2.54 bits per heavy atom. The van der Waals surface area contributed by atoms with Gasteiger partial charge in [0.15, 0.2) is 0 Å². The van der Waals surface area contributed by atoms with Gasteiger partial charge in [0.2, 0.25) is 11.8 Å². The molecule has 9 heteroatoms. The second-order valence-corrected chi connectivity index (χ2v) is 7.94. The fraction of sp³-hybridized carbons (Fsp3) is 0.579. The summed E-state index contributed by atoms with van der Waals surface area (Å²) < 4.78 is 38.5. The normalized spacial score (nSPS) is 17.5. The second-order valence-electron chi connectivity index (χ2n) is 7.94. The summed E-state index contributed by atoms with van der Waals surface area (Å²) in [6.45, 7) is 5.08. The number of halogens is 4. The van der Waals surface area contributed by atoms with Crippen molar-refractivity contribution in [3.8, 4) is 0 Å². The number of carbonyl (C=O) groups is 2. The average Bonchev–Trinajstić information content (AvgIpc) is 2.94. The maximum absolute atomic E-state index is 12.8. The van der Waals surface area contributed by atoms with Gasteiger partial charge in [-0.15, -0.1) is 12.4 Å². The molecule has 0 radical (unpaired) electrons. The van der Waals surface area contributed by atoms with Gasteiger partial charge >= 0.3 is 6.18 Å². The molecule has 5 nitrogen and oxygen atoms in total. The topological polar surface area (TPSA) is 66.6 Å². The number of nitrogens with zero attached hydrogens (tertiary/aromatic N) is 2. The average molecular weight is 422 g/mol. The van der Waals surface area contributed by atoms with E-state index in [-0.39, 0.29) is 49.1 Å². The number of likely N-dealkylation sites (tertiary alicyclic amines) is 1. The summed E-state index contributed by atoms with van der Waals surface area (Å²) in [5.41, 5.74) is 5.11. The molecular weight excluding hydrogens is 395 g/mol. The molecule has 0 saturated carbocycles. The zero-order valence-corrected chi connectivity index (χ0v) is 17.1. The quantitative estimate of drug-likeness (QED) is 0.768. The molecule has 0 aliphatic carbocycles. The van der Waals surface area contributed by atoms with Crippen LogP contribution in [0.5, 0.6) is 0 Å². The highest BCUT2D eigenvalue weighted by atomic mass is 35.5. The number of rotatable bonds is 6. The Hall–Kier alpha value is -1.80. The Balaban J connectivity index is 0.00000392. The molecule has 28 heavy (non-hydrogen) atoms. The molecule has 1 aliphatic rings. The summed E-state index contributed by atoms with van der Waals surface area (Å²) in [6, 6.07) is 4.91. The Morgan fingerprint density at radius 2 is 1.96 bits per heavy atom. The van der Waals surface area contributed by atoms with Crippen molar-refractivity contribution in [1.29, 1.82) is 0 Å². The molecule has 1 saturated heterocycles. The van der Waals surface area contributed by atoms with E-state index >= 15 is 0 Å². The van der Waals surface area contributed by atoms with Gasteiger partial charge in [0, 0.05) is 33.1 Å². The number of nitrogens with two attached hydrogens (primary N) is 1. The van der Waals surface area contributed by atoms with Crippen LogP contribution in [0.2, 0.25) is 0 Å². The number of hydrogen-bond acceptors (Lipinski definition) is 3. The summed E-state index contributed by atoms with van der Waals surface area (Å²) in [4.78, 5) is 27.9. The van der Waals surface area contributed by atoms with Gasteiger partial charge in [-0.2, -0.15) is 13.2 Å². The van der Waals surface area contributed by atoms with Crippen molar-refractivity contribution in [2.24, 2.45) is 17.1 Å². The van der Waals surface area contributed by atoms with E-state index in [1.807, 2.05) is 13.8 Å². The first kappa shape index (κ1) is 24.2. The van der Waals surface area contributed by atoms with E-state index in [0.717, 1.165) is 12.1 Å². The lowest BCUT2D eigenvalue weighted by molar-refractivity contribution is -0.137. The standard InChI is InChI=1S/C19H26F3N3O2.ClH/c1-18(2,11-23)12-24(3)17(27)14-8-16(26)25(10-14)9-13-5-4-6-15(7-13)19(20,21)22;/h4-7,14H,8-12,23H2,1-3H3;1H. The van der Waals surface area contributed by atoms with Gasteiger partial charge in [-0.05, 0) is 29.7 Å². The number of carbonyl (C=O) groups excluding carboxylic acids is 2. The number of hydrogen-bond donors (Lipinski definition) is 1. The van der Waals surface area contributed by atoms with Crippen molar-refractivity contribution < 1.29 is 22.8 Å². The molecule has 1 aliphatic heterocycles. The minimum atomic E-state index is -4.43. The first-order chi connectivity index (χ1) is 12.4. The fourth-order valence-electron chi connectivity index (χ4n) is 3.25. The van der Waals surface area contributed by atoms with E-state index in [2.05, 4.69) is 0 Å². The van der Waals surface area contributed by atoms with Crippen LogP contribution in [-0.4, -0.2) is 48.3 Å². The third-order valence-electron chi connectivity index (χ3n) is 4.79. The van der Waals surface area contributed by atoms with Crippen LogP contribution in [0.4, 0.5) is 13.2 Å². The maximum Gasteiger partial charge on any atom is 0.416 e. The summed E-state index contributed by atoms with van der Waals surface area (Å²) >= 11 is 0. The van der Waals surface area contributed by atoms with Gasteiger partial charge in [0.25, 0.3) is 0 Å². The van der Waals surface area contributed by atoms with Crippen LogP contribution in [0.1, 0.15) is 31.4 Å². The largest absolute Gasteiger partial charge is 0.416 e. The lowest BCUT2D eigenvalue weighted by Crippen LogP contribution is -2.42. The van der Waals surface area contributed by atoms with Gasteiger partial charge in [-0.3, -0.25) is 9.59 Å². The molecule has 0 bridgehead atoms. The van der Waals surface area contributed by atoms with E-state index in [0.29, 0.717) is 18.7 Å². The van der Waals surface area contributed by atoms with E-state index in [1.165, 1.54) is 11.0 Å². The Kier molecular flexibility index (Phi) is 7.91. The van der Waals surface area contributed by atoms with E-state index < -0.39 is 17.7 Å². The van der Waals surface area contributed by atoms with Crippen molar-refractivity contribution in [2.45, 2.75) is 33.0 Å². The highest BCUT2D eigenvalue weighted by Gasteiger charge is 2.37. The number of alkyl halides is 3. The summed E-state index contributed by atoms with van der Waals surface area (Å²) in [5.74, 6) is -0.851. The lowest BCUT2D eigenvalue weighted by Gasteiger charge is -2.30. The van der Waals surface area contributed by atoms with Crippen molar-refractivity contribution in [1.82, 2.24) is 9.80 Å². The smallest absolute Gasteiger partial charge is 0.345 e. The zero-order valence-electron chi connectivity index (χ0n) is 16.3. The number of benzene rings is 1. The van der Waals surface area contributed by atoms with Crippen molar-refractivity contribution in [2.75, 3.05) is 26.7 Å². The summed E-state index contributed by atoms with van der Waals surface area (Å²) in [7, 11) is 1.68. The van der Waals surface area contributed by atoms with Crippen LogP contribution in [0, 0.1) is 11.3 Å². The highest BCUT2D eigenvalue weighted by molar-refractivity contribution is 5.89. The minimum Gasteiger partial charge on any atom is -0.345 e. The van der Waals surface area contributed by atoms with Gasteiger partial charge in [0.1, 0.15) is 0 Å². The van der Waals surface area contributed by atoms with Gasteiger partial charge < -0.3 is 15.5 Å². The Morgan fingerprint density at radius 1 is 1.32 bits per heavy atom. The second kappa shape index (κ2) is 9.13. The molecule has 1 heterocycles. The van der Waals surface area contributed by atoms with Crippen LogP contribution in [-0.2, 0) is 22.3 Å². The molecule has 1 unspecified atom stereocenters. The summed E-state index contributed by atoms with van der Waals surface area (Å²) in [5, 5.41) is 0. The molecular formula is C19H27ClF3N3O2. The third kappa shape index (κ3) is 6.10. The molecule has 158 valence electrons. The summed E-state index contributed by atoms with van der Waals surface area (Å²) in [6.07, 6.45) is -4.35. The molecule has 1 aromatic rings. The van der Waals surface area contributed by atoms with Crippen LogP contribution >= 0.6 is 12.4 Å². The monoisotopic (exact) mass is 421 g/mol. The lowest BCUT2D eigenvalue weighted by atomic mass is 9.92. The van der Waals surface area contributed by atoms with E-state index in [9.17, 15) is 22.8 Å². The SMILES string of the molecule is CN(CC(C)(C)CN)C(=O)C1CC(=O)N(Cc2cccc(C(F)(F)F)c2)C1.Cl. The molecule has 1 atom stereocenters. The van der Waals surface area contributed by atoms with Crippen LogP contribution in [0.3, 0.4) is 0 Å².